The first-order valence-corrected chi connectivity index (χ1v) is 12.4. The standard InChI is InChI=1S/C26H39N5O2/c1-19(2)9-14-31-24-10-13-30(18-22(24)25(28-31)26(32)27-11-15-33-4)17-20-7-8-23-21(16-20)6-5-12-29(23)3/h7-8,16,19H,5-6,9-15,17-18H2,1-4H3,(H,27,32). The van der Waals surface area contributed by atoms with Gasteiger partial charge in [-0.2, -0.15) is 5.10 Å². The van der Waals surface area contributed by atoms with Crippen molar-refractivity contribution in [2.75, 3.05) is 45.3 Å². The number of carbonyl (C=O) groups is 1. The van der Waals surface area contributed by atoms with Crippen molar-refractivity contribution in [2.45, 2.75) is 59.2 Å². The van der Waals surface area contributed by atoms with E-state index >= 15 is 0 Å². The van der Waals surface area contributed by atoms with Gasteiger partial charge >= 0.3 is 0 Å². The molecule has 0 radical (unpaired) electrons. The number of ether oxygens (including phenoxy) is 1. The first-order valence-electron chi connectivity index (χ1n) is 12.4. The van der Waals surface area contributed by atoms with Crippen molar-refractivity contribution in [3.8, 4) is 0 Å². The highest BCUT2D eigenvalue weighted by atomic mass is 16.5. The Labute approximate surface area is 198 Å². The van der Waals surface area contributed by atoms with Crippen LogP contribution in [0.1, 0.15) is 59.6 Å². The molecule has 1 amide bonds. The fourth-order valence-electron chi connectivity index (χ4n) is 4.98. The molecule has 0 unspecified atom stereocenters. The molecule has 1 aromatic carbocycles. The average molecular weight is 454 g/mol. The Bertz CT molecular complexity index is 968. The summed E-state index contributed by atoms with van der Waals surface area (Å²) in [5.74, 6) is 0.511. The number of hydrogen-bond donors (Lipinski definition) is 1. The summed E-state index contributed by atoms with van der Waals surface area (Å²) in [6.07, 6.45) is 4.37. The lowest BCUT2D eigenvalue weighted by molar-refractivity contribution is 0.0929. The van der Waals surface area contributed by atoms with E-state index in [0.717, 1.165) is 57.5 Å². The predicted octanol–water partition coefficient (Wildman–Crippen LogP) is 3.25. The van der Waals surface area contributed by atoms with Gasteiger partial charge in [-0.25, -0.2) is 0 Å². The Hall–Kier alpha value is -2.38. The Balaban J connectivity index is 1.51. The van der Waals surface area contributed by atoms with Crippen LogP contribution >= 0.6 is 0 Å². The normalized spacial score (nSPS) is 16.1. The van der Waals surface area contributed by atoms with Crippen LogP contribution in [0.15, 0.2) is 18.2 Å². The van der Waals surface area contributed by atoms with Crippen LogP contribution in [0.25, 0.3) is 0 Å². The van der Waals surface area contributed by atoms with E-state index in [9.17, 15) is 4.79 Å². The maximum absolute atomic E-state index is 12.9. The van der Waals surface area contributed by atoms with Crippen molar-refractivity contribution in [3.05, 3.63) is 46.3 Å². The van der Waals surface area contributed by atoms with Gasteiger partial charge in [0.05, 0.1) is 6.61 Å². The number of amides is 1. The Morgan fingerprint density at radius 1 is 1.24 bits per heavy atom. The van der Waals surface area contributed by atoms with Crippen LogP contribution in [0.2, 0.25) is 0 Å². The van der Waals surface area contributed by atoms with Crippen LogP contribution in [-0.2, 0) is 37.2 Å². The highest BCUT2D eigenvalue weighted by Crippen LogP contribution is 2.29. The SMILES string of the molecule is COCCNC(=O)c1nn(CCC(C)C)c2c1CN(Cc1ccc3c(c1)CCCN3C)CC2. The smallest absolute Gasteiger partial charge is 0.272 e. The third-order valence-electron chi connectivity index (χ3n) is 6.84. The van der Waals surface area contributed by atoms with Crippen LogP contribution in [0.4, 0.5) is 5.69 Å². The van der Waals surface area contributed by atoms with E-state index in [1.165, 1.54) is 28.9 Å². The second kappa shape index (κ2) is 10.7. The van der Waals surface area contributed by atoms with Crippen LogP contribution in [0.5, 0.6) is 0 Å². The van der Waals surface area contributed by atoms with E-state index < -0.39 is 0 Å². The maximum atomic E-state index is 12.9. The Kier molecular flexibility index (Phi) is 7.71. The number of rotatable bonds is 9. The van der Waals surface area contributed by atoms with E-state index in [1.54, 1.807) is 7.11 Å². The summed E-state index contributed by atoms with van der Waals surface area (Å²) in [4.78, 5) is 17.7. The largest absolute Gasteiger partial charge is 0.383 e. The number of benzene rings is 1. The van der Waals surface area contributed by atoms with Crippen molar-refractivity contribution in [2.24, 2.45) is 5.92 Å². The van der Waals surface area contributed by atoms with E-state index in [0.29, 0.717) is 24.8 Å². The minimum Gasteiger partial charge on any atom is -0.383 e. The zero-order valence-electron chi connectivity index (χ0n) is 20.7. The molecule has 3 heterocycles. The molecule has 1 aromatic heterocycles. The second-order valence-corrected chi connectivity index (χ2v) is 9.88. The fourth-order valence-corrected chi connectivity index (χ4v) is 4.98. The zero-order valence-corrected chi connectivity index (χ0v) is 20.7. The molecule has 180 valence electrons. The second-order valence-electron chi connectivity index (χ2n) is 9.88. The summed E-state index contributed by atoms with van der Waals surface area (Å²) in [5.41, 5.74) is 7.09. The first-order chi connectivity index (χ1) is 16.0. The van der Waals surface area contributed by atoms with Gasteiger partial charge in [0.1, 0.15) is 0 Å². The number of nitrogens with zero attached hydrogens (tertiary/aromatic N) is 4. The lowest BCUT2D eigenvalue weighted by Gasteiger charge is -2.30. The summed E-state index contributed by atoms with van der Waals surface area (Å²) < 4.78 is 7.18. The number of anilines is 1. The lowest BCUT2D eigenvalue weighted by Crippen LogP contribution is -2.33. The number of carbonyl (C=O) groups excluding carboxylic acids is 1. The molecule has 0 saturated heterocycles. The van der Waals surface area contributed by atoms with Gasteiger partial charge in [-0.3, -0.25) is 14.4 Å². The van der Waals surface area contributed by atoms with Crippen LogP contribution in [0, 0.1) is 5.92 Å². The first kappa shape index (κ1) is 23.8. The number of methoxy groups -OCH3 is 1. The van der Waals surface area contributed by atoms with Crippen molar-refractivity contribution in [3.63, 3.8) is 0 Å². The van der Waals surface area contributed by atoms with Gasteiger partial charge in [-0.05, 0) is 42.4 Å². The molecule has 2 aliphatic heterocycles. The molecule has 0 fully saturated rings. The molecule has 4 rings (SSSR count). The highest BCUT2D eigenvalue weighted by molar-refractivity contribution is 5.94. The van der Waals surface area contributed by atoms with E-state index in [1.807, 2.05) is 0 Å². The van der Waals surface area contributed by atoms with Crippen molar-refractivity contribution < 1.29 is 9.53 Å². The van der Waals surface area contributed by atoms with Crippen molar-refractivity contribution in [1.29, 1.82) is 0 Å². The molecule has 7 nitrogen and oxygen atoms in total. The minimum atomic E-state index is -0.0923. The van der Waals surface area contributed by atoms with E-state index in [-0.39, 0.29) is 5.91 Å². The van der Waals surface area contributed by atoms with Gasteiger partial charge < -0.3 is 15.0 Å². The summed E-state index contributed by atoms with van der Waals surface area (Å²) >= 11 is 0. The van der Waals surface area contributed by atoms with Crippen molar-refractivity contribution >= 4 is 11.6 Å². The van der Waals surface area contributed by atoms with Crippen LogP contribution < -0.4 is 10.2 Å². The molecule has 0 spiro atoms. The summed E-state index contributed by atoms with van der Waals surface area (Å²) in [6, 6.07) is 6.92. The van der Waals surface area contributed by atoms with Crippen LogP contribution in [-0.4, -0.2) is 61.0 Å². The number of nitrogens with one attached hydrogen (secondary N) is 1. The van der Waals surface area contributed by atoms with Crippen LogP contribution in [0.3, 0.4) is 0 Å². The molecule has 1 N–H and O–H groups in total. The lowest BCUT2D eigenvalue weighted by atomic mass is 9.98. The summed E-state index contributed by atoms with van der Waals surface area (Å²) in [7, 11) is 3.82. The quantitative estimate of drug-likeness (QED) is 0.591. The summed E-state index contributed by atoms with van der Waals surface area (Å²) in [5, 5.41) is 7.75. The average Bonchev–Trinajstić information content (AvgIpc) is 3.16. The minimum absolute atomic E-state index is 0.0923. The molecule has 7 heteroatoms. The number of aryl methyl sites for hydroxylation is 2. The van der Waals surface area contributed by atoms with Gasteiger partial charge in [-0.15, -0.1) is 0 Å². The van der Waals surface area contributed by atoms with E-state index in [2.05, 4.69) is 58.9 Å². The maximum Gasteiger partial charge on any atom is 0.272 e. The molecule has 0 atom stereocenters. The fraction of sp³-hybridized carbons (Fsp3) is 0.615. The highest BCUT2D eigenvalue weighted by Gasteiger charge is 2.28. The predicted molar refractivity (Wildman–Crippen MR) is 132 cm³/mol. The summed E-state index contributed by atoms with van der Waals surface area (Å²) in [6.45, 7) is 10.1. The molecule has 0 bridgehead atoms. The van der Waals surface area contributed by atoms with Gasteiger partial charge in [0.2, 0.25) is 0 Å². The zero-order chi connectivity index (χ0) is 23.4. The molecule has 0 saturated carbocycles. The molecular weight excluding hydrogens is 414 g/mol. The molecule has 2 aliphatic rings. The molecule has 33 heavy (non-hydrogen) atoms. The Morgan fingerprint density at radius 2 is 2.09 bits per heavy atom. The van der Waals surface area contributed by atoms with Gasteiger partial charge in [0.25, 0.3) is 5.91 Å². The van der Waals surface area contributed by atoms with Gasteiger partial charge in [-0.1, -0.05) is 26.0 Å². The van der Waals surface area contributed by atoms with E-state index in [4.69, 9.17) is 9.84 Å². The topological polar surface area (TPSA) is 62.6 Å². The van der Waals surface area contributed by atoms with Gasteiger partial charge in [0, 0.05) is 76.8 Å². The Morgan fingerprint density at radius 3 is 2.88 bits per heavy atom. The molecular formula is C26H39N5O2. The van der Waals surface area contributed by atoms with Crippen molar-refractivity contribution in [1.82, 2.24) is 20.0 Å². The molecule has 2 aromatic rings. The monoisotopic (exact) mass is 453 g/mol. The number of fused-ring (bicyclic) bond motifs is 2. The number of hydrogen-bond acceptors (Lipinski definition) is 5. The third-order valence-corrected chi connectivity index (χ3v) is 6.84. The molecule has 0 aliphatic carbocycles. The third kappa shape index (κ3) is 5.58. The number of aromatic nitrogens is 2. The van der Waals surface area contributed by atoms with Gasteiger partial charge in [0.15, 0.2) is 5.69 Å².